The number of benzene rings is 1. The molecule has 1 unspecified atom stereocenters. The molecular weight excluding hydrogens is 236 g/mol. The zero-order valence-electron chi connectivity index (χ0n) is 8.72. The van der Waals surface area contributed by atoms with E-state index in [9.17, 15) is 0 Å². The Labute approximate surface area is 94.8 Å². The summed E-state index contributed by atoms with van der Waals surface area (Å²) >= 11 is 3.55. The number of aryl methyl sites for hydroxylation is 2. The maximum absolute atomic E-state index is 3.55. The molecule has 0 N–H and O–H groups in total. The fraction of sp³-hybridized carbons (Fsp3) is 0.538. The van der Waals surface area contributed by atoms with E-state index < -0.39 is 0 Å². The molecule has 2 rings (SSSR count). The van der Waals surface area contributed by atoms with Gasteiger partial charge in [0, 0.05) is 4.47 Å². The van der Waals surface area contributed by atoms with Crippen molar-refractivity contribution < 1.29 is 0 Å². The van der Waals surface area contributed by atoms with Crippen molar-refractivity contribution in [3.63, 3.8) is 0 Å². The van der Waals surface area contributed by atoms with Crippen LogP contribution in [0.4, 0.5) is 0 Å². The van der Waals surface area contributed by atoms with E-state index in [0.29, 0.717) is 0 Å². The number of hydrogen-bond donors (Lipinski definition) is 0. The van der Waals surface area contributed by atoms with Gasteiger partial charge in [-0.25, -0.2) is 0 Å². The molecule has 1 aromatic rings. The van der Waals surface area contributed by atoms with Crippen LogP contribution in [0.3, 0.4) is 0 Å². The lowest BCUT2D eigenvalue weighted by Crippen LogP contribution is -1.97. The standard InChI is InChI=1S/C13H17Br/c1-2-10-3-5-11-7-8-13(14)9-12(11)6-4-10/h7-10H,2-6H2,1H3. The molecule has 1 aromatic carbocycles. The van der Waals surface area contributed by atoms with Gasteiger partial charge in [-0.05, 0) is 54.9 Å². The first-order valence-corrected chi connectivity index (χ1v) is 6.36. The second-order valence-electron chi connectivity index (χ2n) is 4.26. The molecule has 0 nitrogen and oxygen atoms in total. The Morgan fingerprint density at radius 2 is 1.93 bits per heavy atom. The van der Waals surface area contributed by atoms with Gasteiger partial charge in [0.05, 0.1) is 0 Å². The Balaban J connectivity index is 2.21. The second-order valence-corrected chi connectivity index (χ2v) is 5.18. The van der Waals surface area contributed by atoms with E-state index in [1.54, 1.807) is 11.1 Å². The minimum Gasteiger partial charge on any atom is -0.0651 e. The lowest BCUT2D eigenvalue weighted by molar-refractivity contribution is 0.450. The smallest absolute Gasteiger partial charge is 0.0178 e. The van der Waals surface area contributed by atoms with Gasteiger partial charge < -0.3 is 0 Å². The molecule has 1 atom stereocenters. The molecule has 14 heavy (non-hydrogen) atoms. The topological polar surface area (TPSA) is 0 Å². The summed E-state index contributed by atoms with van der Waals surface area (Å²) in [6, 6.07) is 6.76. The van der Waals surface area contributed by atoms with Crippen molar-refractivity contribution >= 4 is 15.9 Å². The molecule has 0 saturated heterocycles. The minimum absolute atomic E-state index is 0.946. The van der Waals surface area contributed by atoms with Crippen LogP contribution in [0, 0.1) is 5.92 Å². The van der Waals surface area contributed by atoms with Crippen LogP contribution >= 0.6 is 15.9 Å². The van der Waals surface area contributed by atoms with E-state index in [0.717, 1.165) is 5.92 Å². The van der Waals surface area contributed by atoms with Crippen LogP contribution in [0.2, 0.25) is 0 Å². The zero-order valence-corrected chi connectivity index (χ0v) is 10.3. The van der Waals surface area contributed by atoms with Crippen LogP contribution in [0.25, 0.3) is 0 Å². The number of fused-ring (bicyclic) bond motifs is 1. The van der Waals surface area contributed by atoms with Crippen LogP contribution in [0.15, 0.2) is 22.7 Å². The van der Waals surface area contributed by atoms with Gasteiger partial charge in [0.25, 0.3) is 0 Å². The van der Waals surface area contributed by atoms with Crippen LogP contribution in [-0.4, -0.2) is 0 Å². The van der Waals surface area contributed by atoms with Gasteiger partial charge in [-0.2, -0.15) is 0 Å². The molecule has 1 aliphatic rings. The first kappa shape index (κ1) is 10.2. The van der Waals surface area contributed by atoms with Crippen LogP contribution < -0.4 is 0 Å². The van der Waals surface area contributed by atoms with Crippen molar-refractivity contribution in [2.24, 2.45) is 5.92 Å². The highest BCUT2D eigenvalue weighted by Gasteiger charge is 2.14. The average Bonchev–Trinajstić information content (AvgIpc) is 2.39. The monoisotopic (exact) mass is 252 g/mol. The third kappa shape index (κ3) is 2.20. The molecule has 0 radical (unpaired) electrons. The zero-order chi connectivity index (χ0) is 9.97. The average molecular weight is 253 g/mol. The fourth-order valence-corrected chi connectivity index (χ4v) is 2.75. The summed E-state index contributed by atoms with van der Waals surface area (Å²) in [5.74, 6) is 0.946. The normalized spacial score (nSPS) is 21.4. The number of rotatable bonds is 1. The molecule has 0 saturated carbocycles. The Morgan fingerprint density at radius 3 is 2.64 bits per heavy atom. The summed E-state index contributed by atoms with van der Waals surface area (Å²) in [5, 5.41) is 0. The summed E-state index contributed by atoms with van der Waals surface area (Å²) in [7, 11) is 0. The highest BCUT2D eigenvalue weighted by atomic mass is 79.9. The van der Waals surface area contributed by atoms with Gasteiger partial charge in [-0.3, -0.25) is 0 Å². The molecule has 76 valence electrons. The third-order valence-electron chi connectivity index (χ3n) is 3.39. The highest BCUT2D eigenvalue weighted by molar-refractivity contribution is 9.10. The lowest BCUT2D eigenvalue weighted by atomic mass is 9.97. The first-order chi connectivity index (χ1) is 6.79. The van der Waals surface area contributed by atoms with Gasteiger partial charge in [-0.1, -0.05) is 35.3 Å². The maximum atomic E-state index is 3.55. The van der Waals surface area contributed by atoms with Gasteiger partial charge >= 0.3 is 0 Å². The largest absolute Gasteiger partial charge is 0.0651 e. The SMILES string of the molecule is CCC1CCc2ccc(Br)cc2CC1. The lowest BCUT2D eigenvalue weighted by Gasteiger charge is -2.08. The van der Waals surface area contributed by atoms with Crippen molar-refractivity contribution in [1.82, 2.24) is 0 Å². The van der Waals surface area contributed by atoms with Crippen molar-refractivity contribution in [2.45, 2.75) is 39.0 Å². The number of halogens is 1. The molecule has 0 bridgehead atoms. The van der Waals surface area contributed by atoms with Gasteiger partial charge in [-0.15, -0.1) is 0 Å². The van der Waals surface area contributed by atoms with Crippen LogP contribution in [0.5, 0.6) is 0 Å². The minimum atomic E-state index is 0.946. The molecule has 0 spiro atoms. The van der Waals surface area contributed by atoms with E-state index >= 15 is 0 Å². The first-order valence-electron chi connectivity index (χ1n) is 5.57. The molecule has 0 fully saturated rings. The predicted octanol–water partition coefficient (Wildman–Crippen LogP) is 4.35. The Bertz CT molecular complexity index is 317. The molecule has 0 amide bonds. The van der Waals surface area contributed by atoms with Crippen molar-refractivity contribution in [2.75, 3.05) is 0 Å². The molecule has 0 aromatic heterocycles. The molecule has 0 heterocycles. The predicted molar refractivity (Wildman–Crippen MR) is 64.6 cm³/mol. The maximum Gasteiger partial charge on any atom is 0.0178 e. The summed E-state index contributed by atoms with van der Waals surface area (Å²) < 4.78 is 1.23. The second kappa shape index (κ2) is 4.48. The van der Waals surface area contributed by atoms with Gasteiger partial charge in [0.2, 0.25) is 0 Å². The van der Waals surface area contributed by atoms with Gasteiger partial charge in [0.15, 0.2) is 0 Å². The molecule has 0 aliphatic heterocycles. The molecular formula is C13H17Br. The fourth-order valence-electron chi connectivity index (χ4n) is 2.34. The summed E-state index contributed by atoms with van der Waals surface area (Å²) in [4.78, 5) is 0. The van der Waals surface area contributed by atoms with Crippen LogP contribution in [0.1, 0.15) is 37.3 Å². The summed E-state index contributed by atoms with van der Waals surface area (Å²) in [6.45, 7) is 2.32. The van der Waals surface area contributed by atoms with Gasteiger partial charge in [0.1, 0.15) is 0 Å². The summed E-state index contributed by atoms with van der Waals surface area (Å²) in [6.07, 6.45) is 6.65. The van der Waals surface area contributed by atoms with E-state index in [-0.39, 0.29) is 0 Å². The van der Waals surface area contributed by atoms with E-state index in [1.165, 1.54) is 36.6 Å². The number of hydrogen-bond acceptors (Lipinski definition) is 0. The van der Waals surface area contributed by atoms with Crippen molar-refractivity contribution in [3.05, 3.63) is 33.8 Å². The van der Waals surface area contributed by atoms with E-state index in [1.807, 2.05) is 0 Å². The van der Waals surface area contributed by atoms with Crippen molar-refractivity contribution in [3.8, 4) is 0 Å². The third-order valence-corrected chi connectivity index (χ3v) is 3.88. The van der Waals surface area contributed by atoms with Crippen LogP contribution in [-0.2, 0) is 12.8 Å². The Morgan fingerprint density at radius 1 is 1.21 bits per heavy atom. The van der Waals surface area contributed by atoms with E-state index in [4.69, 9.17) is 0 Å². The highest BCUT2D eigenvalue weighted by Crippen LogP contribution is 2.28. The Kier molecular flexibility index (Phi) is 3.27. The quantitative estimate of drug-likeness (QED) is 0.652. The summed E-state index contributed by atoms with van der Waals surface area (Å²) in [5.41, 5.74) is 3.14. The molecule has 1 heteroatoms. The van der Waals surface area contributed by atoms with Crippen molar-refractivity contribution in [1.29, 1.82) is 0 Å². The molecule has 1 aliphatic carbocycles. The van der Waals surface area contributed by atoms with E-state index in [2.05, 4.69) is 41.1 Å². The Hall–Kier alpha value is -0.300.